The molecule has 1 atom stereocenters. The third-order valence-electron chi connectivity index (χ3n) is 5.71. The zero-order valence-corrected chi connectivity index (χ0v) is 20.2. The van der Waals surface area contributed by atoms with Crippen molar-refractivity contribution < 1.29 is 13.6 Å². The van der Waals surface area contributed by atoms with E-state index in [9.17, 15) is 4.79 Å². The van der Waals surface area contributed by atoms with E-state index in [-0.39, 0.29) is 12.5 Å². The monoisotopic (exact) mass is 495 g/mol. The van der Waals surface area contributed by atoms with Crippen LogP contribution in [0, 0.1) is 0 Å². The van der Waals surface area contributed by atoms with Crippen molar-refractivity contribution in [3.8, 4) is 11.5 Å². The summed E-state index contributed by atoms with van der Waals surface area (Å²) in [5.41, 5.74) is 9.28. The van der Waals surface area contributed by atoms with E-state index in [1.54, 1.807) is 36.9 Å². The normalized spacial score (nSPS) is 12.7. The van der Waals surface area contributed by atoms with Crippen LogP contribution in [-0.2, 0) is 24.9 Å². The predicted octanol–water partition coefficient (Wildman–Crippen LogP) is 3.45. The Morgan fingerprint density at radius 1 is 1.03 bits per heavy atom. The Labute approximate surface area is 213 Å². The van der Waals surface area contributed by atoms with Gasteiger partial charge < -0.3 is 19.9 Å². The maximum Gasteiger partial charge on any atom is 0.251 e. The van der Waals surface area contributed by atoms with Crippen molar-refractivity contribution in [3.05, 3.63) is 114 Å². The summed E-state index contributed by atoms with van der Waals surface area (Å²) in [5, 5.41) is 11.3. The molecule has 0 aliphatic heterocycles. The van der Waals surface area contributed by atoms with E-state index in [0.717, 1.165) is 11.1 Å². The van der Waals surface area contributed by atoms with Crippen molar-refractivity contribution in [2.24, 2.45) is 5.73 Å². The van der Waals surface area contributed by atoms with Crippen molar-refractivity contribution in [1.29, 1.82) is 0 Å². The van der Waals surface area contributed by atoms with E-state index in [0.29, 0.717) is 47.3 Å². The number of carbonyl (C=O) groups excluding carboxylic acids is 1. The van der Waals surface area contributed by atoms with Gasteiger partial charge in [0.2, 0.25) is 17.7 Å². The lowest BCUT2D eigenvalue weighted by atomic mass is 9.94. The van der Waals surface area contributed by atoms with Crippen LogP contribution in [0.4, 0.5) is 0 Å². The molecule has 3 heterocycles. The van der Waals surface area contributed by atoms with Crippen molar-refractivity contribution >= 4 is 5.91 Å². The summed E-state index contributed by atoms with van der Waals surface area (Å²) in [6.07, 6.45) is 8.64. The van der Waals surface area contributed by atoms with Crippen LogP contribution >= 0.6 is 0 Å². The number of amides is 1. The number of benzene rings is 2. The average molecular weight is 496 g/mol. The Balaban J connectivity index is 1.36. The second-order valence-corrected chi connectivity index (χ2v) is 8.89. The molecule has 5 aromatic rings. The second-order valence-electron chi connectivity index (χ2n) is 8.89. The second kappa shape index (κ2) is 10.5. The van der Waals surface area contributed by atoms with Gasteiger partial charge in [0.15, 0.2) is 0 Å². The van der Waals surface area contributed by atoms with Gasteiger partial charge in [-0.2, -0.15) is 0 Å². The van der Waals surface area contributed by atoms with E-state index < -0.39 is 5.54 Å². The first-order chi connectivity index (χ1) is 18.0. The standard InChI is InChI=1S/C27H25N7O3/c1-27(28,15-18-5-3-2-4-6-18)26-34-33-23(37-26)13-19-11-20(14-21(12-19)25-31-9-10-36-25)24(35)32-17-22-16-29-7-8-30-22/h2-12,14,16H,13,15,17,28H2,1H3,(H,32,35). The Morgan fingerprint density at radius 2 is 1.89 bits per heavy atom. The maximum absolute atomic E-state index is 13.0. The lowest BCUT2D eigenvalue weighted by Gasteiger charge is -2.20. The molecule has 1 amide bonds. The lowest BCUT2D eigenvalue weighted by Crippen LogP contribution is -2.35. The van der Waals surface area contributed by atoms with Gasteiger partial charge in [-0.15, -0.1) is 10.2 Å². The molecule has 186 valence electrons. The number of carbonyl (C=O) groups is 1. The molecule has 3 aromatic heterocycles. The van der Waals surface area contributed by atoms with Crippen molar-refractivity contribution in [3.63, 3.8) is 0 Å². The highest BCUT2D eigenvalue weighted by Crippen LogP contribution is 2.25. The maximum atomic E-state index is 13.0. The number of nitrogens with one attached hydrogen (secondary N) is 1. The highest BCUT2D eigenvalue weighted by Gasteiger charge is 2.28. The summed E-state index contributed by atoms with van der Waals surface area (Å²) in [7, 11) is 0. The fraction of sp³-hybridized carbons (Fsp3) is 0.185. The Kier molecular flexibility index (Phi) is 6.82. The van der Waals surface area contributed by atoms with Gasteiger partial charge in [-0.3, -0.25) is 14.8 Å². The third-order valence-corrected chi connectivity index (χ3v) is 5.71. The number of rotatable bonds is 9. The van der Waals surface area contributed by atoms with Crippen molar-refractivity contribution in [2.75, 3.05) is 0 Å². The highest BCUT2D eigenvalue weighted by atomic mass is 16.4. The van der Waals surface area contributed by atoms with Gasteiger partial charge in [-0.05, 0) is 42.7 Å². The van der Waals surface area contributed by atoms with Gasteiger partial charge in [0, 0.05) is 23.5 Å². The largest absolute Gasteiger partial charge is 0.445 e. The molecule has 0 aliphatic rings. The minimum Gasteiger partial charge on any atom is -0.445 e. The molecular formula is C27H25N7O3. The van der Waals surface area contributed by atoms with Crippen molar-refractivity contribution in [1.82, 2.24) is 30.5 Å². The zero-order valence-electron chi connectivity index (χ0n) is 20.2. The van der Waals surface area contributed by atoms with E-state index in [1.165, 1.54) is 6.26 Å². The van der Waals surface area contributed by atoms with E-state index in [4.69, 9.17) is 14.6 Å². The highest BCUT2D eigenvalue weighted by molar-refractivity contribution is 5.95. The number of oxazole rings is 1. The number of hydrogen-bond acceptors (Lipinski definition) is 9. The van der Waals surface area contributed by atoms with Crippen LogP contribution in [0.15, 0.2) is 88.4 Å². The molecule has 37 heavy (non-hydrogen) atoms. The molecule has 0 aliphatic carbocycles. The summed E-state index contributed by atoms with van der Waals surface area (Å²) in [6, 6.07) is 15.3. The first kappa shape index (κ1) is 24.0. The van der Waals surface area contributed by atoms with Crippen LogP contribution in [0.1, 0.15) is 45.9 Å². The van der Waals surface area contributed by atoms with Gasteiger partial charge >= 0.3 is 0 Å². The summed E-state index contributed by atoms with van der Waals surface area (Å²) < 4.78 is 11.4. The Hall–Kier alpha value is -4.70. The predicted molar refractivity (Wildman–Crippen MR) is 134 cm³/mol. The van der Waals surface area contributed by atoms with E-state index in [2.05, 4.69) is 30.5 Å². The van der Waals surface area contributed by atoms with Gasteiger partial charge in [0.25, 0.3) is 5.91 Å². The van der Waals surface area contributed by atoms with Crippen molar-refractivity contribution in [2.45, 2.75) is 31.8 Å². The van der Waals surface area contributed by atoms with E-state index >= 15 is 0 Å². The third kappa shape index (κ3) is 5.93. The summed E-state index contributed by atoms with van der Waals surface area (Å²) in [6.45, 7) is 2.11. The van der Waals surface area contributed by atoms with Crippen LogP contribution in [0.3, 0.4) is 0 Å². The molecule has 5 rings (SSSR count). The number of nitrogens with two attached hydrogens (primary N) is 1. The molecule has 1 unspecified atom stereocenters. The van der Waals surface area contributed by atoms with Crippen LogP contribution in [0.2, 0.25) is 0 Å². The lowest BCUT2D eigenvalue weighted by molar-refractivity contribution is 0.0950. The molecule has 10 heteroatoms. The van der Waals surface area contributed by atoms with Crippen LogP contribution in [-0.4, -0.2) is 31.1 Å². The fourth-order valence-electron chi connectivity index (χ4n) is 3.93. The molecular weight excluding hydrogens is 470 g/mol. The summed E-state index contributed by atoms with van der Waals surface area (Å²) in [5.74, 6) is 0.852. The van der Waals surface area contributed by atoms with E-state index in [1.807, 2.05) is 43.3 Å². The summed E-state index contributed by atoms with van der Waals surface area (Å²) >= 11 is 0. The quantitative estimate of drug-likeness (QED) is 0.314. The number of aromatic nitrogens is 5. The van der Waals surface area contributed by atoms with Crippen LogP contribution < -0.4 is 11.1 Å². The Bertz CT molecular complexity index is 1470. The number of hydrogen-bond donors (Lipinski definition) is 2. The molecule has 0 spiro atoms. The smallest absolute Gasteiger partial charge is 0.251 e. The molecule has 0 bridgehead atoms. The summed E-state index contributed by atoms with van der Waals surface area (Å²) in [4.78, 5) is 25.4. The fourth-order valence-corrected chi connectivity index (χ4v) is 3.93. The Morgan fingerprint density at radius 3 is 2.65 bits per heavy atom. The van der Waals surface area contributed by atoms with Crippen LogP contribution in [0.5, 0.6) is 0 Å². The van der Waals surface area contributed by atoms with Gasteiger partial charge in [0.1, 0.15) is 6.26 Å². The zero-order chi connectivity index (χ0) is 25.7. The van der Waals surface area contributed by atoms with Gasteiger partial charge in [-0.1, -0.05) is 30.3 Å². The molecule has 2 aromatic carbocycles. The van der Waals surface area contributed by atoms with Crippen LogP contribution in [0.25, 0.3) is 11.5 Å². The average Bonchev–Trinajstić information content (AvgIpc) is 3.61. The number of nitrogens with zero attached hydrogens (tertiary/aromatic N) is 5. The first-order valence-electron chi connectivity index (χ1n) is 11.7. The molecule has 3 N–H and O–H groups in total. The minimum absolute atomic E-state index is 0.245. The SMILES string of the molecule is CC(N)(Cc1ccccc1)c1nnc(Cc2cc(C(=O)NCc3cnccn3)cc(-c3ncco3)c2)o1. The first-order valence-corrected chi connectivity index (χ1v) is 11.7. The minimum atomic E-state index is -0.835. The molecule has 10 nitrogen and oxygen atoms in total. The molecule has 0 saturated heterocycles. The topological polar surface area (TPSA) is 146 Å². The molecule has 0 saturated carbocycles. The molecule has 0 radical (unpaired) electrons. The molecule has 0 fully saturated rings. The van der Waals surface area contributed by atoms with Gasteiger partial charge in [-0.25, -0.2) is 4.98 Å². The van der Waals surface area contributed by atoms with Gasteiger partial charge in [0.05, 0.1) is 36.6 Å².